The Morgan fingerprint density at radius 2 is 2.25 bits per heavy atom. The lowest BCUT2D eigenvalue weighted by Gasteiger charge is -2.13. The molecule has 0 saturated carbocycles. The first-order valence-electron chi connectivity index (χ1n) is 3.65. The Morgan fingerprint density at radius 1 is 1.58 bits per heavy atom. The molecule has 0 amide bonds. The highest BCUT2D eigenvalue weighted by atomic mass is 19.1. The topological polar surface area (TPSA) is 59.1 Å². The third kappa shape index (κ3) is 1.99. The molecule has 1 aromatic heterocycles. The molecule has 2 unspecified atom stereocenters. The van der Waals surface area contributed by atoms with Crippen LogP contribution in [0.1, 0.15) is 18.6 Å². The normalized spacial score (nSPS) is 15.7. The molecular weight excluding hydrogens is 159 g/mol. The largest absolute Gasteiger partial charge is 0.387 e. The van der Waals surface area contributed by atoms with Gasteiger partial charge in [0.15, 0.2) is 0 Å². The minimum absolute atomic E-state index is 0.407. The van der Waals surface area contributed by atoms with E-state index in [0.717, 1.165) is 6.20 Å². The third-order valence-corrected chi connectivity index (χ3v) is 1.57. The molecule has 1 aromatic rings. The van der Waals surface area contributed by atoms with Crippen molar-refractivity contribution >= 4 is 0 Å². The summed E-state index contributed by atoms with van der Waals surface area (Å²) in [7, 11) is 0. The van der Waals surface area contributed by atoms with Crippen LogP contribution in [0.5, 0.6) is 0 Å². The molecule has 0 spiro atoms. The van der Waals surface area contributed by atoms with E-state index in [9.17, 15) is 9.50 Å². The minimum atomic E-state index is -0.854. The number of aliphatic hydroxyl groups excluding tert-OH is 1. The van der Waals surface area contributed by atoms with Gasteiger partial charge in [0.25, 0.3) is 0 Å². The maximum Gasteiger partial charge on any atom is 0.141 e. The van der Waals surface area contributed by atoms with E-state index < -0.39 is 18.0 Å². The van der Waals surface area contributed by atoms with Crippen molar-refractivity contribution in [3.63, 3.8) is 0 Å². The summed E-state index contributed by atoms with van der Waals surface area (Å²) in [5, 5.41) is 9.39. The van der Waals surface area contributed by atoms with Gasteiger partial charge < -0.3 is 10.8 Å². The van der Waals surface area contributed by atoms with Gasteiger partial charge in [0.2, 0.25) is 0 Å². The zero-order valence-corrected chi connectivity index (χ0v) is 6.74. The SMILES string of the molecule is CC(N)C(O)c1cncc(F)c1. The molecule has 12 heavy (non-hydrogen) atoms. The monoisotopic (exact) mass is 170 g/mol. The number of hydrogen-bond acceptors (Lipinski definition) is 3. The first kappa shape index (κ1) is 9.09. The molecule has 0 saturated heterocycles. The summed E-state index contributed by atoms with van der Waals surface area (Å²) in [6.45, 7) is 1.65. The Balaban J connectivity index is 2.88. The lowest BCUT2D eigenvalue weighted by molar-refractivity contribution is 0.152. The average molecular weight is 170 g/mol. The van der Waals surface area contributed by atoms with Crippen molar-refractivity contribution in [2.75, 3.05) is 0 Å². The predicted molar refractivity (Wildman–Crippen MR) is 42.8 cm³/mol. The maximum atomic E-state index is 12.6. The molecule has 0 aliphatic rings. The van der Waals surface area contributed by atoms with E-state index in [1.807, 2.05) is 0 Å². The van der Waals surface area contributed by atoms with Crippen LogP contribution >= 0.6 is 0 Å². The molecule has 0 aliphatic heterocycles. The summed E-state index contributed by atoms with van der Waals surface area (Å²) in [5.41, 5.74) is 5.83. The van der Waals surface area contributed by atoms with Crippen LogP contribution in [-0.4, -0.2) is 16.1 Å². The Bertz CT molecular complexity index is 265. The fraction of sp³-hybridized carbons (Fsp3) is 0.375. The molecule has 4 heteroatoms. The minimum Gasteiger partial charge on any atom is -0.387 e. The van der Waals surface area contributed by atoms with Gasteiger partial charge in [-0.15, -0.1) is 0 Å². The maximum absolute atomic E-state index is 12.6. The Labute approximate surface area is 70.0 Å². The lowest BCUT2D eigenvalue weighted by atomic mass is 10.1. The number of aromatic nitrogens is 1. The van der Waals surface area contributed by atoms with Gasteiger partial charge in [-0.05, 0) is 13.0 Å². The average Bonchev–Trinajstić information content (AvgIpc) is 2.03. The molecule has 0 aromatic carbocycles. The van der Waals surface area contributed by atoms with Gasteiger partial charge in [-0.25, -0.2) is 4.39 Å². The number of aliphatic hydroxyl groups is 1. The zero-order valence-electron chi connectivity index (χ0n) is 6.74. The highest BCUT2D eigenvalue weighted by Crippen LogP contribution is 2.14. The van der Waals surface area contributed by atoms with Crippen molar-refractivity contribution < 1.29 is 9.50 Å². The van der Waals surface area contributed by atoms with Gasteiger partial charge in [0.05, 0.1) is 12.3 Å². The van der Waals surface area contributed by atoms with Crippen LogP contribution in [0.4, 0.5) is 4.39 Å². The summed E-state index contributed by atoms with van der Waals surface area (Å²) in [4.78, 5) is 3.60. The van der Waals surface area contributed by atoms with Gasteiger partial charge in [-0.2, -0.15) is 0 Å². The first-order valence-corrected chi connectivity index (χ1v) is 3.65. The van der Waals surface area contributed by atoms with E-state index in [0.29, 0.717) is 5.56 Å². The number of rotatable bonds is 2. The van der Waals surface area contributed by atoms with E-state index in [2.05, 4.69) is 4.98 Å². The quantitative estimate of drug-likeness (QED) is 0.683. The second-order valence-electron chi connectivity index (χ2n) is 2.74. The van der Waals surface area contributed by atoms with Crippen molar-refractivity contribution in [1.29, 1.82) is 0 Å². The van der Waals surface area contributed by atoms with Crippen LogP contribution in [0.25, 0.3) is 0 Å². The standard InChI is InChI=1S/C8H11FN2O/c1-5(10)8(12)6-2-7(9)4-11-3-6/h2-5,8,12H,10H2,1H3. The summed E-state index contributed by atoms with van der Waals surface area (Å²) in [6.07, 6.45) is 1.63. The Hall–Kier alpha value is -1.00. The van der Waals surface area contributed by atoms with Gasteiger partial charge in [-0.1, -0.05) is 0 Å². The number of nitrogens with zero attached hydrogens (tertiary/aromatic N) is 1. The Morgan fingerprint density at radius 3 is 2.75 bits per heavy atom. The molecule has 3 nitrogen and oxygen atoms in total. The predicted octanol–water partition coefficient (Wildman–Crippen LogP) is 0.601. The van der Waals surface area contributed by atoms with E-state index in [4.69, 9.17) is 5.73 Å². The molecule has 1 heterocycles. The molecule has 1 rings (SSSR count). The highest BCUT2D eigenvalue weighted by Gasteiger charge is 2.12. The molecule has 66 valence electrons. The summed E-state index contributed by atoms with van der Waals surface area (Å²) in [5.74, 6) is -0.466. The Kier molecular flexibility index (Phi) is 2.73. The number of nitrogens with two attached hydrogens (primary N) is 1. The molecule has 0 aliphatic carbocycles. The van der Waals surface area contributed by atoms with Crippen molar-refractivity contribution in [3.8, 4) is 0 Å². The van der Waals surface area contributed by atoms with E-state index in [1.165, 1.54) is 12.3 Å². The van der Waals surface area contributed by atoms with Gasteiger partial charge in [-0.3, -0.25) is 4.98 Å². The zero-order chi connectivity index (χ0) is 9.14. The van der Waals surface area contributed by atoms with E-state index in [1.54, 1.807) is 6.92 Å². The molecule has 0 fully saturated rings. The summed E-state index contributed by atoms with van der Waals surface area (Å²) in [6, 6.07) is 0.801. The number of halogens is 1. The van der Waals surface area contributed by atoms with Crippen LogP contribution < -0.4 is 5.73 Å². The van der Waals surface area contributed by atoms with Crippen LogP contribution in [0.2, 0.25) is 0 Å². The summed E-state index contributed by atoms with van der Waals surface area (Å²) >= 11 is 0. The van der Waals surface area contributed by atoms with Crippen LogP contribution in [0.3, 0.4) is 0 Å². The fourth-order valence-electron chi connectivity index (χ4n) is 0.894. The second-order valence-corrected chi connectivity index (χ2v) is 2.74. The summed E-state index contributed by atoms with van der Waals surface area (Å²) < 4.78 is 12.6. The fourth-order valence-corrected chi connectivity index (χ4v) is 0.894. The molecule has 0 bridgehead atoms. The van der Waals surface area contributed by atoms with Crippen LogP contribution in [0, 0.1) is 5.82 Å². The van der Waals surface area contributed by atoms with Crippen molar-refractivity contribution in [3.05, 3.63) is 29.8 Å². The van der Waals surface area contributed by atoms with Gasteiger partial charge in [0.1, 0.15) is 5.82 Å². The third-order valence-electron chi connectivity index (χ3n) is 1.57. The van der Waals surface area contributed by atoms with Gasteiger partial charge >= 0.3 is 0 Å². The molecule has 0 radical (unpaired) electrons. The first-order chi connectivity index (χ1) is 5.61. The molecule has 3 N–H and O–H groups in total. The lowest BCUT2D eigenvalue weighted by Crippen LogP contribution is -2.24. The van der Waals surface area contributed by atoms with Crippen molar-refractivity contribution in [2.24, 2.45) is 5.73 Å². The van der Waals surface area contributed by atoms with Crippen LogP contribution in [-0.2, 0) is 0 Å². The second kappa shape index (κ2) is 3.60. The van der Waals surface area contributed by atoms with E-state index >= 15 is 0 Å². The van der Waals surface area contributed by atoms with Crippen molar-refractivity contribution in [2.45, 2.75) is 19.1 Å². The highest BCUT2D eigenvalue weighted by molar-refractivity contribution is 5.14. The number of hydrogen-bond donors (Lipinski definition) is 2. The van der Waals surface area contributed by atoms with Gasteiger partial charge in [0, 0.05) is 17.8 Å². The smallest absolute Gasteiger partial charge is 0.141 e. The molecular formula is C8H11FN2O. The molecule has 2 atom stereocenters. The van der Waals surface area contributed by atoms with Crippen LogP contribution in [0.15, 0.2) is 18.5 Å². The van der Waals surface area contributed by atoms with E-state index in [-0.39, 0.29) is 0 Å². The van der Waals surface area contributed by atoms with Crippen molar-refractivity contribution in [1.82, 2.24) is 4.98 Å². The number of pyridine rings is 1.